The van der Waals surface area contributed by atoms with Gasteiger partial charge >= 0.3 is 5.69 Å². The predicted molar refractivity (Wildman–Crippen MR) is 117 cm³/mol. The quantitative estimate of drug-likeness (QED) is 0.703. The predicted octanol–water partition coefficient (Wildman–Crippen LogP) is 0.933. The number of carbonyl (C=O) groups excluding carboxylic acids is 1. The zero-order chi connectivity index (χ0) is 21.8. The molecular formula is C22H34N6O3. The Morgan fingerprint density at radius 2 is 2.03 bits per heavy atom. The normalized spacial score (nSPS) is 20.5. The van der Waals surface area contributed by atoms with Crippen molar-refractivity contribution in [1.82, 2.24) is 29.5 Å². The summed E-state index contributed by atoms with van der Waals surface area (Å²) in [5.41, 5.74) is -0.0345. The van der Waals surface area contributed by atoms with Gasteiger partial charge in [0.1, 0.15) is 11.6 Å². The van der Waals surface area contributed by atoms with E-state index in [1.165, 1.54) is 0 Å². The first-order valence-electron chi connectivity index (χ1n) is 11.4. The number of aryl methyl sites for hydroxylation is 1. The Balaban J connectivity index is 1.25. The summed E-state index contributed by atoms with van der Waals surface area (Å²) in [5.74, 6) is 2.04. The number of hydrogen-bond acceptors (Lipinski definition) is 6. The second kappa shape index (κ2) is 9.82. The number of amides is 1. The maximum absolute atomic E-state index is 12.8. The van der Waals surface area contributed by atoms with Crippen LogP contribution in [-0.2, 0) is 30.8 Å². The van der Waals surface area contributed by atoms with E-state index in [0.717, 1.165) is 69.9 Å². The maximum Gasteiger partial charge on any atom is 0.345 e. The minimum Gasteiger partial charge on any atom is -0.468 e. The van der Waals surface area contributed by atoms with Gasteiger partial charge in [0.15, 0.2) is 0 Å². The molecule has 2 aromatic rings. The van der Waals surface area contributed by atoms with Crippen LogP contribution in [-0.4, -0.2) is 69.8 Å². The number of piperidine rings is 1. The molecule has 4 rings (SSSR count). The van der Waals surface area contributed by atoms with Gasteiger partial charge in [-0.2, -0.15) is 5.10 Å². The molecular weight excluding hydrogens is 396 g/mol. The molecule has 1 saturated heterocycles. The van der Waals surface area contributed by atoms with Crippen molar-refractivity contribution in [2.75, 3.05) is 33.7 Å². The highest BCUT2D eigenvalue weighted by Crippen LogP contribution is 2.20. The van der Waals surface area contributed by atoms with Gasteiger partial charge < -0.3 is 14.6 Å². The number of furan rings is 1. The summed E-state index contributed by atoms with van der Waals surface area (Å²) in [7, 11) is 3.98. The molecule has 0 saturated carbocycles. The van der Waals surface area contributed by atoms with Gasteiger partial charge in [0, 0.05) is 31.5 Å². The molecule has 1 fully saturated rings. The number of rotatable bonds is 7. The van der Waals surface area contributed by atoms with Gasteiger partial charge in [-0.25, -0.2) is 9.48 Å². The molecule has 4 heterocycles. The average Bonchev–Trinajstić information content (AvgIpc) is 3.31. The number of fused-ring (bicyclic) bond motifs is 1. The van der Waals surface area contributed by atoms with E-state index < -0.39 is 0 Å². The Morgan fingerprint density at radius 1 is 1.23 bits per heavy atom. The lowest BCUT2D eigenvalue weighted by atomic mass is 9.95. The summed E-state index contributed by atoms with van der Waals surface area (Å²) in [6, 6.07) is 4.00. The van der Waals surface area contributed by atoms with Gasteiger partial charge in [-0.1, -0.05) is 0 Å². The molecule has 1 atom stereocenters. The lowest BCUT2D eigenvalue weighted by Gasteiger charge is -2.31. The van der Waals surface area contributed by atoms with Crippen LogP contribution in [0.5, 0.6) is 0 Å². The van der Waals surface area contributed by atoms with Crippen LogP contribution in [0.25, 0.3) is 0 Å². The van der Waals surface area contributed by atoms with Crippen molar-refractivity contribution < 1.29 is 9.21 Å². The van der Waals surface area contributed by atoms with Crippen molar-refractivity contribution in [3.8, 4) is 0 Å². The van der Waals surface area contributed by atoms with E-state index in [0.29, 0.717) is 13.1 Å². The average molecular weight is 431 g/mol. The minimum atomic E-state index is -0.0345. The number of aromatic nitrogens is 3. The molecule has 2 aromatic heterocycles. The molecule has 0 aromatic carbocycles. The summed E-state index contributed by atoms with van der Waals surface area (Å²) < 4.78 is 8.79. The highest BCUT2D eigenvalue weighted by Gasteiger charge is 2.28. The minimum absolute atomic E-state index is 0.0345. The fourth-order valence-electron chi connectivity index (χ4n) is 4.51. The SMILES string of the molecule is CN(C)CCn1nc2n(c1=O)CCC(NC(=O)C1CCN(Cc3ccco3)CC1)CC2. The molecule has 2 aliphatic rings. The summed E-state index contributed by atoms with van der Waals surface area (Å²) in [5, 5.41) is 7.79. The molecule has 0 bridgehead atoms. The smallest absolute Gasteiger partial charge is 0.345 e. The molecule has 9 nitrogen and oxygen atoms in total. The molecule has 1 amide bonds. The monoisotopic (exact) mass is 430 g/mol. The zero-order valence-corrected chi connectivity index (χ0v) is 18.6. The number of nitrogens with one attached hydrogen (secondary N) is 1. The van der Waals surface area contributed by atoms with E-state index in [9.17, 15) is 9.59 Å². The number of hydrogen-bond donors (Lipinski definition) is 1. The summed E-state index contributed by atoms with van der Waals surface area (Å²) in [6.45, 7) is 4.63. The Bertz CT molecular complexity index is 908. The standard InChI is InChI=1S/C22H34N6O3/c1-25(2)13-14-28-22(30)27-12-9-18(5-6-20(27)24-28)23-21(29)17-7-10-26(11-8-17)16-19-4-3-15-31-19/h3-4,15,17-18H,5-14,16H2,1-2H3,(H,23,29). The van der Waals surface area contributed by atoms with Crippen molar-refractivity contribution in [2.24, 2.45) is 5.92 Å². The molecule has 0 aliphatic carbocycles. The summed E-state index contributed by atoms with van der Waals surface area (Å²) in [4.78, 5) is 29.9. The van der Waals surface area contributed by atoms with Crippen LogP contribution in [0.3, 0.4) is 0 Å². The molecule has 31 heavy (non-hydrogen) atoms. The number of likely N-dealkylation sites (N-methyl/N-ethyl adjacent to an activating group) is 1. The van der Waals surface area contributed by atoms with E-state index in [-0.39, 0.29) is 23.6 Å². The molecule has 9 heteroatoms. The van der Waals surface area contributed by atoms with Crippen molar-refractivity contribution in [3.05, 3.63) is 40.5 Å². The lowest BCUT2D eigenvalue weighted by Crippen LogP contribution is -2.44. The van der Waals surface area contributed by atoms with Crippen LogP contribution in [0.15, 0.2) is 27.6 Å². The number of likely N-dealkylation sites (tertiary alicyclic amines) is 1. The fraction of sp³-hybridized carbons (Fsp3) is 0.682. The fourth-order valence-corrected chi connectivity index (χ4v) is 4.51. The van der Waals surface area contributed by atoms with Gasteiger partial charge in [-0.3, -0.25) is 14.3 Å². The Labute approximate surface area is 183 Å². The molecule has 1 unspecified atom stereocenters. The van der Waals surface area contributed by atoms with Gasteiger partial charge in [-0.15, -0.1) is 0 Å². The van der Waals surface area contributed by atoms with E-state index in [2.05, 4.69) is 15.3 Å². The van der Waals surface area contributed by atoms with Crippen LogP contribution in [0.4, 0.5) is 0 Å². The zero-order valence-electron chi connectivity index (χ0n) is 18.6. The Kier molecular flexibility index (Phi) is 6.92. The Morgan fingerprint density at radius 3 is 2.74 bits per heavy atom. The third-order valence-electron chi connectivity index (χ3n) is 6.44. The first-order valence-corrected chi connectivity index (χ1v) is 11.4. The topological polar surface area (TPSA) is 88.5 Å². The lowest BCUT2D eigenvalue weighted by molar-refractivity contribution is -0.127. The first kappa shape index (κ1) is 21.8. The van der Waals surface area contributed by atoms with Crippen LogP contribution in [0.1, 0.15) is 37.3 Å². The highest BCUT2D eigenvalue weighted by atomic mass is 16.3. The molecule has 0 radical (unpaired) electrons. The third kappa shape index (κ3) is 5.46. The van der Waals surface area contributed by atoms with Crippen molar-refractivity contribution >= 4 is 5.91 Å². The maximum atomic E-state index is 12.8. The van der Waals surface area contributed by atoms with Crippen LogP contribution >= 0.6 is 0 Å². The van der Waals surface area contributed by atoms with E-state index in [4.69, 9.17) is 4.42 Å². The van der Waals surface area contributed by atoms with Crippen molar-refractivity contribution in [1.29, 1.82) is 0 Å². The summed E-state index contributed by atoms with van der Waals surface area (Å²) >= 11 is 0. The van der Waals surface area contributed by atoms with Crippen molar-refractivity contribution in [2.45, 2.75) is 57.8 Å². The first-order chi connectivity index (χ1) is 15.0. The molecule has 2 aliphatic heterocycles. The molecule has 1 N–H and O–H groups in total. The highest BCUT2D eigenvalue weighted by molar-refractivity contribution is 5.79. The number of nitrogens with zero attached hydrogens (tertiary/aromatic N) is 5. The van der Waals surface area contributed by atoms with Gasteiger partial charge in [0.2, 0.25) is 5.91 Å². The van der Waals surface area contributed by atoms with Gasteiger partial charge in [-0.05, 0) is 65.0 Å². The Hall–Kier alpha value is -2.39. The van der Waals surface area contributed by atoms with Crippen molar-refractivity contribution in [3.63, 3.8) is 0 Å². The van der Waals surface area contributed by atoms with Gasteiger partial charge in [0.25, 0.3) is 0 Å². The second-order valence-electron chi connectivity index (χ2n) is 9.04. The largest absolute Gasteiger partial charge is 0.468 e. The second-order valence-corrected chi connectivity index (χ2v) is 9.04. The van der Waals surface area contributed by atoms with E-state index in [1.54, 1.807) is 15.5 Å². The van der Waals surface area contributed by atoms with Gasteiger partial charge in [0.05, 0.1) is 19.4 Å². The molecule has 170 valence electrons. The van der Waals surface area contributed by atoms with Crippen LogP contribution in [0, 0.1) is 5.92 Å². The van der Waals surface area contributed by atoms with Crippen LogP contribution in [0.2, 0.25) is 0 Å². The summed E-state index contributed by atoms with van der Waals surface area (Å²) in [6.07, 6.45) is 5.77. The van der Waals surface area contributed by atoms with Crippen LogP contribution < -0.4 is 11.0 Å². The van der Waals surface area contributed by atoms with E-state index >= 15 is 0 Å². The third-order valence-corrected chi connectivity index (χ3v) is 6.44. The van der Waals surface area contributed by atoms with E-state index in [1.807, 2.05) is 31.1 Å². The molecule has 0 spiro atoms. The number of carbonyl (C=O) groups is 1.